The number of rotatable bonds is 2. The van der Waals surface area contributed by atoms with E-state index in [9.17, 15) is 4.79 Å². The molecule has 1 spiro atoms. The summed E-state index contributed by atoms with van der Waals surface area (Å²) in [5.74, 6) is 2.57. The Balaban J connectivity index is 1.52. The standard InChI is InChI=1S/C23H26N2O4/c1-27-16-8-14-15(9-17(16)28-2)25-20(26)10-18-21-13-7-19-23(14,22(21)25)4-5-24(19)11-12(13)3-6-29-18/h3,8-9,13,18-19,21-22H,4-7,10-11H2,1-2H3/t13?,18-,19-,21?,22+,23+/m0/s1. The predicted molar refractivity (Wildman–Crippen MR) is 107 cm³/mol. The van der Waals surface area contributed by atoms with Crippen LogP contribution in [0.4, 0.5) is 5.69 Å². The molecule has 2 unspecified atom stereocenters. The highest BCUT2D eigenvalue weighted by atomic mass is 16.5. The van der Waals surface area contributed by atoms with Crippen LogP contribution in [0.1, 0.15) is 24.8 Å². The first-order valence-corrected chi connectivity index (χ1v) is 10.8. The lowest BCUT2D eigenvalue weighted by molar-refractivity contribution is -0.132. The summed E-state index contributed by atoms with van der Waals surface area (Å²) in [6.45, 7) is 2.80. The molecule has 29 heavy (non-hydrogen) atoms. The van der Waals surface area contributed by atoms with Gasteiger partial charge in [-0.15, -0.1) is 0 Å². The molecule has 1 aromatic rings. The summed E-state index contributed by atoms with van der Waals surface area (Å²) >= 11 is 0. The highest BCUT2D eigenvalue weighted by molar-refractivity contribution is 5.99. The fraction of sp³-hybridized carbons (Fsp3) is 0.609. The van der Waals surface area contributed by atoms with Gasteiger partial charge in [0.15, 0.2) is 11.5 Å². The van der Waals surface area contributed by atoms with E-state index in [1.54, 1.807) is 19.8 Å². The van der Waals surface area contributed by atoms with Gasteiger partial charge in [-0.2, -0.15) is 0 Å². The largest absolute Gasteiger partial charge is 0.493 e. The molecule has 0 N–H and O–H groups in total. The summed E-state index contributed by atoms with van der Waals surface area (Å²) in [7, 11) is 3.36. The van der Waals surface area contributed by atoms with Crippen LogP contribution in [0.15, 0.2) is 23.8 Å². The number of hydrogen-bond acceptors (Lipinski definition) is 5. The Hall–Kier alpha value is -2.05. The summed E-state index contributed by atoms with van der Waals surface area (Å²) in [5, 5.41) is 0. The Morgan fingerprint density at radius 1 is 1.21 bits per heavy atom. The zero-order valence-electron chi connectivity index (χ0n) is 16.9. The smallest absolute Gasteiger partial charge is 0.229 e. The van der Waals surface area contributed by atoms with Gasteiger partial charge in [0.25, 0.3) is 0 Å². The Bertz CT molecular complexity index is 974. The highest BCUT2D eigenvalue weighted by Crippen LogP contribution is 2.66. The number of nitrogens with zero attached hydrogens (tertiary/aromatic N) is 2. The molecule has 152 valence electrons. The number of hydrogen-bond donors (Lipinski definition) is 0. The van der Waals surface area contributed by atoms with Crippen LogP contribution in [-0.4, -0.2) is 62.9 Å². The maximum absolute atomic E-state index is 13.5. The quantitative estimate of drug-likeness (QED) is 0.719. The van der Waals surface area contributed by atoms with Crippen molar-refractivity contribution in [1.29, 1.82) is 0 Å². The van der Waals surface area contributed by atoms with Gasteiger partial charge in [-0.3, -0.25) is 9.69 Å². The van der Waals surface area contributed by atoms with E-state index in [-0.39, 0.29) is 23.5 Å². The van der Waals surface area contributed by atoms with Gasteiger partial charge in [-0.25, -0.2) is 0 Å². The Morgan fingerprint density at radius 2 is 2.03 bits per heavy atom. The van der Waals surface area contributed by atoms with Gasteiger partial charge in [-0.05, 0) is 36.9 Å². The first kappa shape index (κ1) is 16.7. The van der Waals surface area contributed by atoms with E-state index < -0.39 is 0 Å². The van der Waals surface area contributed by atoms with Crippen molar-refractivity contribution in [2.24, 2.45) is 11.8 Å². The van der Waals surface area contributed by atoms with E-state index >= 15 is 0 Å². The van der Waals surface area contributed by atoms with Gasteiger partial charge in [0.2, 0.25) is 5.91 Å². The van der Waals surface area contributed by atoms with Crippen molar-refractivity contribution in [3.63, 3.8) is 0 Å². The van der Waals surface area contributed by atoms with Crippen molar-refractivity contribution in [2.75, 3.05) is 38.8 Å². The van der Waals surface area contributed by atoms with Crippen LogP contribution in [0, 0.1) is 11.8 Å². The minimum atomic E-state index is -0.0242. The molecule has 1 aliphatic carbocycles. The molecule has 7 rings (SSSR count). The number of carbonyl (C=O) groups excluding carboxylic acids is 1. The molecule has 2 bridgehead atoms. The fourth-order valence-corrected chi connectivity index (χ4v) is 7.87. The molecule has 6 aliphatic rings. The number of benzene rings is 1. The van der Waals surface area contributed by atoms with Gasteiger partial charge in [-0.1, -0.05) is 11.6 Å². The van der Waals surface area contributed by atoms with Crippen molar-refractivity contribution in [2.45, 2.75) is 42.9 Å². The van der Waals surface area contributed by atoms with E-state index in [0.29, 0.717) is 36.7 Å². The zero-order chi connectivity index (χ0) is 19.5. The summed E-state index contributed by atoms with van der Waals surface area (Å²) < 4.78 is 17.6. The average Bonchev–Trinajstić information content (AvgIpc) is 3.20. The Morgan fingerprint density at radius 3 is 2.86 bits per heavy atom. The molecule has 0 aromatic heterocycles. The number of ether oxygens (including phenoxy) is 3. The van der Waals surface area contributed by atoms with Gasteiger partial charge < -0.3 is 19.1 Å². The van der Waals surface area contributed by atoms with Crippen molar-refractivity contribution in [1.82, 2.24) is 4.90 Å². The number of carbonyl (C=O) groups is 1. The predicted octanol–water partition coefficient (Wildman–Crippen LogP) is 2.11. The minimum absolute atomic E-state index is 0.0242. The Labute approximate surface area is 170 Å². The normalized spacial score (nSPS) is 41.0. The second-order valence-corrected chi connectivity index (χ2v) is 9.48. The lowest BCUT2D eigenvalue weighted by atomic mass is 9.53. The molecule has 3 saturated heterocycles. The van der Waals surface area contributed by atoms with Gasteiger partial charge >= 0.3 is 0 Å². The lowest BCUT2D eigenvalue weighted by Gasteiger charge is -2.58. The molecule has 6 heteroatoms. The molecule has 0 radical (unpaired) electrons. The molecule has 5 aliphatic heterocycles. The molecule has 4 fully saturated rings. The van der Waals surface area contributed by atoms with Crippen LogP contribution in [0.3, 0.4) is 0 Å². The van der Waals surface area contributed by atoms with Crippen LogP contribution in [-0.2, 0) is 14.9 Å². The first-order chi connectivity index (χ1) is 14.2. The van der Waals surface area contributed by atoms with Gasteiger partial charge in [0, 0.05) is 30.0 Å². The van der Waals surface area contributed by atoms with Crippen LogP contribution < -0.4 is 14.4 Å². The lowest BCUT2D eigenvalue weighted by Crippen LogP contribution is -2.69. The van der Waals surface area contributed by atoms with Crippen molar-refractivity contribution >= 4 is 11.6 Å². The second kappa shape index (κ2) is 5.35. The minimum Gasteiger partial charge on any atom is -0.493 e. The SMILES string of the molecule is COc1cc2c(cc1OC)[C@@]13CCN4CC5=CCO[C@H]6CC(=O)N2[C@@H]1C6C5C[C@H]43. The number of methoxy groups -OCH3 is 2. The number of anilines is 1. The molecular weight excluding hydrogens is 368 g/mol. The molecule has 6 atom stereocenters. The Kier molecular flexibility index (Phi) is 3.08. The van der Waals surface area contributed by atoms with Crippen LogP contribution in [0.5, 0.6) is 11.5 Å². The van der Waals surface area contributed by atoms with Crippen LogP contribution in [0.25, 0.3) is 0 Å². The molecule has 1 aromatic carbocycles. The van der Waals surface area contributed by atoms with E-state index in [1.807, 2.05) is 6.07 Å². The summed E-state index contributed by atoms with van der Waals surface area (Å²) in [6.07, 6.45) is 5.11. The molecule has 1 saturated carbocycles. The summed E-state index contributed by atoms with van der Waals surface area (Å²) in [6, 6.07) is 4.87. The van der Waals surface area contributed by atoms with Gasteiger partial charge in [0.05, 0.1) is 45.1 Å². The maximum atomic E-state index is 13.5. The van der Waals surface area contributed by atoms with E-state index in [0.717, 1.165) is 30.9 Å². The zero-order valence-corrected chi connectivity index (χ0v) is 16.9. The van der Waals surface area contributed by atoms with Gasteiger partial charge in [0.1, 0.15) is 0 Å². The second-order valence-electron chi connectivity index (χ2n) is 9.48. The van der Waals surface area contributed by atoms with Crippen molar-refractivity contribution in [3.8, 4) is 11.5 Å². The van der Waals surface area contributed by atoms with Crippen molar-refractivity contribution < 1.29 is 19.0 Å². The van der Waals surface area contributed by atoms with Crippen molar-refractivity contribution in [3.05, 3.63) is 29.3 Å². The fourth-order valence-electron chi connectivity index (χ4n) is 7.87. The third-order valence-corrected chi connectivity index (χ3v) is 8.81. The monoisotopic (exact) mass is 394 g/mol. The number of fused-ring (bicyclic) bond motifs is 2. The topological polar surface area (TPSA) is 51.2 Å². The number of piperidine rings is 2. The third-order valence-electron chi connectivity index (χ3n) is 8.81. The first-order valence-electron chi connectivity index (χ1n) is 10.8. The van der Waals surface area contributed by atoms with Crippen LogP contribution in [0.2, 0.25) is 0 Å². The molecular formula is C23H26N2O4. The van der Waals surface area contributed by atoms with E-state index in [2.05, 4.69) is 21.9 Å². The maximum Gasteiger partial charge on any atom is 0.229 e. The third kappa shape index (κ3) is 1.76. The molecule has 1 amide bonds. The molecule has 5 heterocycles. The van der Waals surface area contributed by atoms with E-state index in [1.165, 1.54) is 12.0 Å². The van der Waals surface area contributed by atoms with Crippen LogP contribution >= 0.6 is 0 Å². The highest BCUT2D eigenvalue weighted by Gasteiger charge is 2.71. The average molecular weight is 394 g/mol. The summed E-state index contributed by atoms with van der Waals surface area (Å²) in [5.41, 5.74) is 3.85. The van der Waals surface area contributed by atoms with E-state index in [4.69, 9.17) is 14.2 Å². The summed E-state index contributed by atoms with van der Waals surface area (Å²) in [4.78, 5) is 18.3. The number of amides is 1. The molecule has 6 nitrogen and oxygen atoms in total.